The molecular weight excluding hydrogens is 371 g/mol. The summed E-state index contributed by atoms with van der Waals surface area (Å²) in [4.78, 5) is 1.79. The van der Waals surface area contributed by atoms with Gasteiger partial charge in [0.1, 0.15) is 0 Å². The molecule has 1 rings (SSSR count). The van der Waals surface area contributed by atoms with Gasteiger partial charge in [-0.3, -0.25) is 4.90 Å². The van der Waals surface area contributed by atoms with Crippen molar-refractivity contribution < 1.29 is 15.3 Å². The molecule has 0 aromatic heterocycles. The predicted molar refractivity (Wildman–Crippen MR) is 81.3 cm³/mol. The third-order valence-electron chi connectivity index (χ3n) is 2.40. The zero-order valence-corrected chi connectivity index (χ0v) is 14.6. The van der Waals surface area contributed by atoms with Crippen LogP contribution in [0.2, 0.25) is 0 Å². The van der Waals surface area contributed by atoms with Crippen LogP contribution in [-0.2, 0) is 5.25 Å². The van der Waals surface area contributed by atoms with Crippen LogP contribution in [0.1, 0.15) is 5.56 Å². The molecule has 0 saturated carbocycles. The Bertz CT molecular complexity index is 314. The minimum atomic E-state index is 0.0694. The van der Waals surface area contributed by atoms with Crippen molar-refractivity contribution in [1.29, 1.82) is 0 Å². The summed E-state index contributed by atoms with van der Waals surface area (Å²) in [7, 11) is 0. The van der Waals surface area contributed by atoms with E-state index in [-0.39, 0.29) is 19.8 Å². The molecule has 0 aliphatic rings. The summed E-state index contributed by atoms with van der Waals surface area (Å²) in [6.45, 7) is 1.75. The van der Waals surface area contributed by atoms with Gasteiger partial charge in [0.15, 0.2) is 0 Å². The van der Waals surface area contributed by atoms with Gasteiger partial charge in [-0.25, -0.2) is 0 Å². The fraction of sp³-hybridized carbons (Fsp3) is 0.538. The summed E-state index contributed by atoms with van der Waals surface area (Å²) in [6.07, 6.45) is 0. The summed E-state index contributed by atoms with van der Waals surface area (Å²) < 4.78 is 1.22. The van der Waals surface area contributed by atoms with Gasteiger partial charge in [-0.05, 0) is 0 Å². The average Bonchev–Trinajstić information content (AvgIpc) is 2.41. The molecule has 0 spiro atoms. The van der Waals surface area contributed by atoms with Gasteiger partial charge in [0, 0.05) is 19.6 Å². The Morgan fingerprint density at radius 2 is 1.42 bits per heavy atom. The van der Waals surface area contributed by atoms with Gasteiger partial charge in [0.2, 0.25) is 0 Å². The van der Waals surface area contributed by atoms with Crippen molar-refractivity contribution in [2.45, 2.75) is 5.25 Å². The summed E-state index contributed by atoms with van der Waals surface area (Å²) in [5, 5.41) is 26.6. The molecule has 107 valence electrons. The molecule has 0 atom stereocenters. The zero-order valence-electron chi connectivity index (χ0n) is 10.9. The van der Waals surface area contributed by atoms with Gasteiger partial charge in [-0.1, -0.05) is 0 Å². The van der Waals surface area contributed by atoms with E-state index in [1.165, 1.54) is 10.0 Å². The number of aliphatic hydroxyl groups is 3. The van der Waals surface area contributed by atoms with E-state index < -0.39 is 0 Å². The molecule has 0 saturated heterocycles. The average molecular weight is 392 g/mol. The molecule has 0 heterocycles. The second-order valence-electron chi connectivity index (χ2n) is 3.78. The van der Waals surface area contributed by atoms with Gasteiger partial charge < -0.3 is 15.3 Å². The van der Waals surface area contributed by atoms with Crippen molar-refractivity contribution >= 4 is 32.4 Å². The van der Waals surface area contributed by atoms with Crippen molar-refractivity contribution in [3.8, 4) is 0 Å². The van der Waals surface area contributed by atoms with Crippen LogP contribution < -0.4 is 0 Å². The summed E-state index contributed by atoms with van der Waals surface area (Å²) in [5.74, 6) is 0. The number of benzene rings is 1. The molecule has 19 heavy (non-hydrogen) atoms. The minimum absolute atomic E-state index is 0.0694. The Kier molecular flexibility index (Phi) is 13.1. The van der Waals surface area contributed by atoms with Crippen LogP contribution in [0.25, 0.3) is 0 Å². The Hall–Kier alpha value is 0.0829. The van der Waals surface area contributed by atoms with Crippen molar-refractivity contribution in [2.75, 3.05) is 39.5 Å². The summed E-state index contributed by atoms with van der Waals surface area (Å²) in [6, 6.07) is 8.29. The fourth-order valence-corrected chi connectivity index (χ4v) is 3.02. The van der Waals surface area contributed by atoms with Crippen LogP contribution in [0.15, 0.2) is 28.7 Å². The SMILES string of the molecule is OCCN(CCO)CCO.[Ge][CH2]c1ccccc1Br. The van der Waals surface area contributed by atoms with E-state index in [0.717, 1.165) is 5.25 Å². The first kappa shape index (κ1) is 19.1. The zero-order chi connectivity index (χ0) is 14.5. The maximum atomic E-state index is 8.48. The number of halogens is 1. The Morgan fingerprint density at radius 3 is 1.74 bits per heavy atom. The molecule has 0 unspecified atom stereocenters. The van der Waals surface area contributed by atoms with Gasteiger partial charge >= 0.3 is 72.0 Å². The molecule has 0 aliphatic carbocycles. The number of rotatable bonds is 7. The van der Waals surface area contributed by atoms with Crippen molar-refractivity contribution in [2.24, 2.45) is 0 Å². The van der Waals surface area contributed by atoms with Crippen LogP contribution in [0.4, 0.5) is 0 Å². The number of hydrogen-bond acceptors (Lipinski definition) is 4. The second-order valence-corrected chi connectivity index (χ2v) is 5.38. The van der Waals surface area contributed by atoms with E-state index in [1.54, 1.807) is 4.90 Å². The topological polar surface area (TPSA) is 63.9 Å². The monoisotopic (exact) mass is 392 g/mol. The van der Waals surface area contributed by atoms with Crippen LogP contribution >= 0.6 is 15.9 Å². The fourth-order valence-electron chi connectivity index (χ4n) is 1.40. The first-order valence-electron chi connectivity index (χ1n) is 6.12. The molecule has 6 heteroatoms. The summed E-state index contributed by atoms with van der Waals surface area (Å²) >= 11 is 5.61. The normalized spacial score (nSPS) is 10.2. The second kappa shape index (κ2) is 13.1. The van der Waals surface area contributed by atoms with E-state index in [2.05, 4.69) is 50.6 Å². The number of nitrogens with zero attached hydrogens (tertiary/aromatic N) is 1. The standard InChI is InChI=1S/C7H6BrGe.C6H15NO3/c8-7-4-2-1-3-6(7)5-9;8-4-1-7(2-5-9)3-6-10/h1-4H,5H2;8-10H,1-6H2. The van der Waals surface area contributed by atoms with Crippen molar-refractivity contribution in [3.05, 3.63) is 34.3 Å². The molecule has 4 nitrogen and oxygen atoms in total. The van der Waals surface area contributed by atoms with E-state index in [9.17, 15) is 0 Å². The predicted octanol–water partition coefficient (Wildman–Crippen LogP) is 0.383. The quantitative estimate of drug-likeness (QED) is 0.588. The maximum absolute atomic E-state index is 8.48. The molecule has 0 bridgehead atoms. The van der Waals surface area contributed by atoms with E-state index in [4.69, 9.17) is 15.3 Å². The Balaban J connectivity index is 0.000000342. The molecule has 0 fully saturated rings. The first-order valence-corrected chi connectivity index (χ1v) is 8.40. The van der Waals surface area contributed by atoms with E-state index in [0.29, 0.717) is 19.6 Å². The van der Waals surface area contributed by atoms with Crippen LogP contribution in [0.5, 0.6) is 0 Å². The third-order valence-corrected chi connectivity index (χ3v) is 3.97. The molecule has 0 amide bonds. The van der Waals surface area contributed by atoms with Gasteiger partial charge in [-0.2, -0.15) is 0 Å². The van der Waals surface area contributed by atoms with Crippen molar-refractivity contribution in [3.63, 3.8) is 0 Å². The number of hydrogen-bond donors (Lipinski definition) is 3. The van der Waals surface area contributed by atoms with Crippen molar-refractivity contribution in [1.82, 2.24) is 4.90 Å². The number of aliphatic hydroxyl groups excluding tert-OH is 3. The van der Waals surface area contributed by atoms with E-state index >= 15 is 0 Å². The molecule has 1 aromatic rings. The molecule has 3 N–H and O–H groups in total. The molecule has 0 aliphatic heterocycles. The van der Waals surface area contributed by atoms with Gasteiger partial charge in [-0.15, -0.1) is 0 Å². The van der Waals surface area contributed by atoms with Gasteiger partial charge in [0.05, 0.1) is 19.8 Å². The third kappa shape index (κ3) is 9.59. The van der Waals surface area contributed by atoms with Crippen LogP contribution in [-0.4, -0.2) is 76.2 Å². The van der Waals surface area contributed by atoms with E-state index in [1.807, 2.05) is 6.07 Å². The molecule has 3 radical (unpaired) electrons. The Morgan fingerprint density at radius 1 is 0.947 bits per heavy atom. The van der Waals surface area contributed by atoms with Crippen LogP contribution in [0.3, 0.4) is 0 Å². The van der Waals surface area contributed by atoms with Crippen LogP contribution in [0, 0.1) is 0 Å². The van der Waals surface area contributed by atoms with Gasteiger partial charge in [0.25, 0.3) is 0 Å². The molecular formula is C13H21BrGeNO3. The first-order chi connectivity index (χ1) is 9.19. The Labute approximate surface area is 131 Å². The molecule has 1 aromatic carbocycles. The summed E-state index contributed by atoms with van der Waals surface area (Å²) in [5.41, 5.74) is 1.37.